The Balaban J connectivity index is 3.71. The van der Waals surface area contributed by atoms with Crippen molar-refractivity contribution in [3.8, 4) is 0 Å². The van der Waals surface area contributed by atoms with Crippen molar-refractivity contribution in [2.45, 2.75) is 6.42 Å². The minimum Gasteiger partial charge on any atom is -0.458 e. The SMILES string of the molecule is C=CCOC(=O)/C=C/C=C/C=C/CCN=[N+]=[N-]. The molecule has 0 aromatic heterocycles. The first kappa shape index (κ1) is 14.7. The van der Waals surface area contributed by atoms with E-state index in [9.17, 15) is 4.79 Å². The van der Waals surface area contributed by atoms with Crippen LogP contribution in [-0.4, -0.2) is 19.1 Å². The average Bonchev–Trinajstić information content (AvgIpc) is 2.34. The van der Waals surface area contributed by atoms with Crippen molar-refractivity contribution in [2.75, 3.05) is 13.2 Å². The summed E-state index contributed by atoms with van der Waals surface area (Å²) in [5.41, 5.74) is 8.01. The lowest BCUT2D eigenvalue weighted by molar-refractivity contribution is -0.136. The molecule has 0 heterocycles. The molecule has 0 saturated carbocycles. The highest BCUT2D eigenvalue weighted by molar-refractivity contribution is 5.82. The van der Waals surface area contributed by atoms with Gasteiger partial charge in [-0.25, -0.2) is 4.79 Å². The molecular formula is C12H15N3O2. The molecule has 0 bridgehead atoms. The predicted molar refractivity (Wildman–Crippen MR) is 67.2 cm³/mol. The van der Waals surface area contributed by atoms with Gasteiger partial charge < -0.3 is 4.74 Å². The molecule has 0 rings (SSSR count). The van der Waals surface area contributed by atoms with Crippen LogP contribution in [0.2, 0.25) is 0 Å². The van der Waals surface area contributed by atoms with E-state index in [2.05, 4.69) is 16.6 Å². The summed E-state index contributed by atoms with van der Waals surface area (Å²) in [6, 6.07) is 0. The van der Waals surface area contributed by atoms with E-state index in [-0.39, 0.29) is 6.61 Å². The van der Waals surface area contributed by atoms with E-state index in [1.165, 1.54) is 12.2 Å². The molecule has 0 saturated heterocycles. The minimum absolute atomic E-state index is 0.214. The number of carbonyl (C=O) groups excluding carboxylic acids is 1. The Morgan fingerprint density at radius 3 is 2.82 bits per heavy atom. The van der Waals surface area contributed by atoms with E-state index in [4.69, 9.17) is 10.3 Å². The van der Waals surface area contributed by atoms with Crippen LogP contribution in [0.25, 0.3) is 10.4 Å². The highest BCUT2D eigenvalue weighted by atomic mass is 16.5. The van der Waals surface area contributed by atoms with Gasteiger partial charge in [-0.15, -0.1) is 0 Å². The van der Waals surface area contributed by atoms with E-state index in [1.807, 2.05) is 12.2 Å². The fraction of sp³-hybridized carbons (Fsp3) is 0.250. The van der Waals surface area contributed by atoms with Crippen LogP contribution in [0.5, 0.6) is 0 Å². The number of azide groups is 1. The Morgan fingerprint density at radius 1 is 1.35 bits per heavy atom. The lowest BCUT2D eigenvalue weighted by Crippen LogP contribution is -1.99. The van der Waals surface area contributed by atoms with Gasteiger partial charge in [0.25, 0.3) is 0 Å². The van der Waals surface area contributed by atoms with Gasteiger partial charge in [-0.05, 0) is 12.0 Å². The maximum absolute atomic E-state index is 11.0. The second-order valence-corrected chi connectivity index (χ2v) is 2.83. The van der Waals surface area contributed by atoms with E-state index in [0.29, 0.717) is 13.0 Å². The van der Waals surface area contributed by atoms with Crippen molar-refractivity contribution >= 4 is 5.97 Å². The second kappa shape index (κ2) is 11.8. The zero-order chi connectivity index (χ0) is 12.8. The third-order valence-corrected chi connectivity index (χ3v) is 1.50. The van der Waals surface area contributed by atoms with Crippen LogP contribution in [0, 0.1) is 0 Å². The molecule has 0 spiro atoms. The average molecular weight is 233 g/mol. The Bertz CT molecular complexity index is 364. The summed E-state index contributed by atoms with van der Waals surface area (Å²) >= 11 is 0. The van der Waals surface area contributed by atoms with Gasteiger partial charge in [0, 0.05) is 17.5 Å². The van der Waals surface area contributed by atoms with Gasteiger partial charge in [0.05, 0.1) is 0 Å². The minimum atomic E-state index is -0.401. The Kier molecular flexibility index (Phi) is 10.2. The van der Waals surface area contributed by atoms with Crippen LogP contribution in [0.15, 0.2) is 54.2 Å². The molecule has 0 fully saturated rings. The molecule has 90 valence electrons. The number of allylic oxidation sites excluding steroid dienone is 4. The predicted octanol–water partition coefficient (Wildman–Crippen LogP) is 3.08. The van der Waals surface area contributed by atoms with Crippen molar-refractivity contribution in [2.24, 2.45) is 5.11 Å². The molecule has 17 heavy (non-hydrogen) atoms. The summed E-state index contributed by atoms with van der Waals surface area (Å²) in [5.74, 6) is -0.401. The Hall–Kier alpha value is -2.26. The van der Waals surface area contributed by atoms with Crippen molar-refractivity contribution in [1.82, 2.24) is 0 Å². The summed E-state index contributed by atoms with van der Waals surface area (Å²) in [7, 11) is 0. The smallest absolute Gasteiger partial charge is 0.331 e. The van der Waals surface area contributed by atoms with E-state index < -0.39 is 5.97 Å². The van der Waals surface area contributed by atoms with Crippen molar-refractivity contribution < 1.29 is 9.53 Å². The number of hydrogen-bond donors (Lipinski definition) is 0. The van der Waals surface area contributed by atoms with Gasteiger partial charge in [0.15, 0.2) is 0 Å². The highest BCUT2D eigenvalue weighted by Crippen LogP contribution is 1.88. The molecule has 0 aromatic carbocycles. The lowest BCUT2D eigenvalue weighted by Gasteiger charge is -1.93. The fourth-order valence-corrected chi connectivity index (χ4v) is 0.803. The van der Waals surface area contributed by atoms with Gasteiger partial charge in [-0.2, -0.15) is 0 Å². The molecule has 5 heteroatoms. The zero-order valence-corrected chi connectivity index (χ0v) is 9.53. The van der Waals surface area contributed by atoms with Gasteiger partial charge in [-0.3, -0.25) is 0 Å². The van der Waals surface area contributed by atoms with Gasteiger partial charge in [-0.1, -0.05) is 48.1 Å². The molecule has 0 aliphatic carbocycles. The molecular weight excluding hydrogens is 218 g/mol. The first-order valence-corrected chi connectivity index (χ1v) is 5.09. The summed E-state index contributed by atoms with van der Waals surface area (Å²) in [6.45, 7) is 4.09. The van der Waals surface area contributed by atoms with Crippen LogP contribution in [0.1, 0.15) is 6.42 Å². The number of esters is 1. The van der Waals surface area contributed by atoms with E-state index in [1.54, 1.807) is 18.2 Å². The fourth-order valence-electron chi connectivity index (χ4n) is 0.803. The molecule has 0 aliphatic heterocycles. The zero-order valence-electron chi connectivity index (χ0n) is 9.53. The second-order valence-electron chi connectivity index (χ2n) is 2.83. The van der Waals surface area contributed by atoms with Crippen LogP contribution in [0.4, 0.5) is 0 Å². The summed E-state index contributed by atoms with van der Waals surface area (Å²) in [4.78, 5) is 13.6. The maximum Gasteiger partial charge on any atom is 0.331 e. The number of hydrogen-bond acceptors (Lipinski definition) is 3. The van der Waals surface area contributed by atoms with Crippen molar-refractivity contribution in [3.63, 3.8) is 0 Å². The van der Waals surface area contributed by atoms with Gasteiger partial charge in [0.1, 0.15) is 6.61 Å². The van der Waals surface area contributed by atoms with Gasteiger partial charge >= 0.3 is 5.97 Å². The monoisotopic (exact) mass is 233 g/mol. The van der Waals surface area contributed by atoms with Gasteiger partial charge in [0.2, 0.25) is 0 Å². The standard InChI is InChI=1S/C12H15N3O2/c1-2-11-17-12(16)9-7-5-3-4-6-8-10-14-15-13/h2-7,9H,1,8,10-11H2/b5-3+,6-4+,9-7+. The summed E-state index contributed by atoms with van der Waals surface area (Å²) < 4.78 is 4.72. The summed E-state index contributed by atoms with van der Waals surface area (Å²) in [5, 5.41) is 3.38. The Labute approximate surface area is 100 Å². The van der Waals surface area contributed by atoms with Crippen molar-refractivity contribution in [3.05, 3.63) is 59.6 Å². The number of rotatable bonds is 8. The lowest BCUT2D eigenvalue weighted by atomic mass is 10.3. The molecule has 5 nitrogen and oxygen atoms in total. The largest absolute Gasteiger partial charge is 0.458 e. The van der Waals surface area contributed by atoms with Crippen LogP contribution in [0.3, 0.4) is 0 Å². The molecule has 0 aliphatic rings. The van der Waals surface area contributed by atoms with E-state index >= 15 is 0 Å². The number of ether oxygens (including phenoxy) is 1. The Morgan fingerprint density at radius 2 is 2.12 bits per heavy atom. The molecule has 0 aromatic rings. The molecule has 0 radical (unpaired) electrons. The first-order chi connectivity index (χ1) is 8.31. The topological polar surface area (TPSA) is 75.1 Å². The molecule has 0 atom stereocenters. The highest BCUT2D eigenvalue weighted by Gasteiger charge is 1.90. The van der Waals surface area contributed by atoms with Crippen molar-refractivity contribution in [1.29, 1.82) is 0 Å². The first-order valence-electron chi connectivity index (χ1n) is 5.09. The van der Waals surface area contributed by atoms with Crippen LogP contribution >= 0.6 is 0 Å². The molecule has 0 amide bonds. The molecule has 0 unspecified atom stereocenters. The van der Waals surface area contributed by atoms with Crippen LogP contribution in [-0.2, 0) is 9.53 Å². The quantitative estimate of drug-likeness (QED) is 0.0944. The third kappa shape index (κ3) is 11.7. The number of carbonyl (C=O) groups is 1. The summed E-state index contributed by atoms with van der Waals surface area (Å²) in [6.07, 6.45) is 12.3. The van der Waals surface area contributed by atoms with Crippen LogP contribution < -0.4 is 0 Å². The third-order valence-electron chi connectivity index (χ3n) is 1.50. The number of nitrogens with zero attached hydrogens (tertiary/aromatic N) is 3. The molecule has 0 N–H and O–H groups in total. The normalized spacial score (nSPS) is 10.8. The maximum atomic E-state index is 11.0. The van der Waals surface area contributed by atoms with E-state index in [0.717, 1.165) is 0 Å².